The zero-order chi connectivity index (χ0) is 13.6. The maximum Gasteiger partial charge on any atom is 0.139 e. The van der Waals surface area contributed by atoms with Crippen LogP contribution in [0.4, 0.5) is 4.39 Å². The number of aromatic amines is 1. The molecule has 2 nitrogen and oxygen atoms in total. The van der Waals surface area contributed by atoms with Crippen LogP contribution in [0.25, 0.3) is 22.4 Å². The van der Waals surface area contributed by atoms with E-state index < -0.39 is 0 Å². The second kappa shape index (κ2) is 4.62. The van der Waals surface area contributed by atoms with E-state index in [1.807, 2.05) is 25.1 Å². The summed E-state index contributed by atoms with van der Waals surface area (Å²) in [6, 6.07) is 8.69. The Balaban J connectivity index is 2.20. The molecule has 0 atom stereocenters. The number of nitrogens with one attached hydrogen (secondary N) is 1. The number of H-pyrrole nitrogens is 1. The Morgan fingerprint density at radius 2 is 2.05 bits per heavy atom. The zero-order valence-corrected chi connectivity index (χ0v) is 12.3. The van der Waals surface area contributed by atoms with Crippen LogP contribution in [0.15, 0.2) is 34.8 Å². The topological polar surface area (TPSA) is 28.7 Å². The Kier molecular flexibility index (Phi) is 3.07. The van der Waals surface area contributed by atoms with Crippen molar-refractivity contribution in [3.05, 3.63) is 51.2 Å². The highest BCUT2D eigenvalue weighted by molar-refractivity contribution is 9.10. The highest BCUT2D eigenvalue weighted by Gasteiger charge is 2.10. The maximum absolute atomic E-state index is 13.5. The molecule has 1 N–H and O–H groups in total. The number of hydrogen-bond acceptors (Lipinski definition) is 1. The molecule has 1 heterocycles. The summed E-state index contributed by atoms with van der Waals surface area (Å²) in [5.41, 5.74) is 3.37. The largest absolute Gasteiger partial charge is 0.338 e. The molecule has 0 bridgehead atoms. The number of fused-ring (bicyclic) bond motifs is 1. The van der Waals surface area contributed by atoms with E-state index in [0.717, 1.165) is 16.6 Å². The molecule has 2 aromatic carbocycles. The van der Waals surface area contributed by atoms with E-state index >= 15 is 0 Å². The Bertz CT molecular complexity index is 743. The van der Waals surface area contributed by atoms with E-state index in [2.05, 4.69) is 25.9 Å². The monoisotopic (exact) mass is 338 g/mol. The van der Waals surface area contributed by atoms with Crippen LogP contribution < -0.4 is 0 Å². The van der Waals surface area contributed by atoms with Crippen LogP contribution in [-0.4, -0.2) is 9.97 Å². The molecule has 19 heavy (non-hydrogen) atoms. The van der Waals surface area contributed by atoms with Crippen molar-refractivity contribution in [3.8, 4) is 11.4 Å². The normalized spacial score (nSPS) is 11.2. The second-order valence-corrected chi connectivity index (χ2v) is 5.62. The molecule has 96 valence electrons. The van der Waals surface area contributed by atoms with Gasteiger partial charge < -0.3 is 4.98 Å². The van der Waals surface area contributed by atoms with Gasteiger partial charge in [0.05, 0.1) is 15.5 Å². The molecule has 0 spiro atoms. The summed E-state index contributed by atoms with van der Waals surface area (Å²) in [6.45, 7) is 1.96. The van der Waals surface area contributed by atoms with Crippen molar-refractivity contribution in [2.75, 3.05) is 0 Å². The summed E-state index contributed by atoms with van der Waals surface area (Å²) in [6.07, 6.45) is 0. The molecular formula is C14H9BrClFN2. The predicted octanol–water partition coefficient (Wildman–Crippen LogP) is 5.09. The smallest absolute Gasteiger partial charge is 0.139 e. The zero-order valence-electron chi connectivity index (χ0n) is 9.97. The van der Waals surface area contributed by atoms with Gasteiger partial charge in [0.25, 0.3) is 0 Å². The van der Waals surface area contributed by atoms with Gasteiger partial charge in [-0.3, -0.25) is 0 Å². The van der Waals surface area contributed by atoms with Crippen LogP contribution in [-0.2, 0) is 0 Å². The molecule has 0 aliphatic rings. The Hall–Kier alpha value is -1.39. The molecule has 0 unspecified atom stereocenters. The summed E-state index contributed by atoms with van der Waals surface area (Å²) in [7, 11) is 0. The Morgan fingerprint density at radius 3 is 2.79 bits per heavy atom. The van der Waals surface area contributed by atoms with E-state index in [0.29, 0.717) is 20.8 Å². The lowest BCUT2D eigenvalue weighted by atomic mass is 10.1. The average Bonchev–Trinajstić information content (AvgIpc) is 2.72. The second-order valence-electron chi connectivity index (χ2n) is 4.33. The third-order valence-electron chi connectivity index (χ3n) is 2.97. The van der Waals surface area contributed by atoms with Gasteiger partial charge in [0.15, 0.2) is 0 Å². The molecule has 0 saturated carbocycles. The molecule has 0 aliphatic carbocycles. The first-order chi connectivity index (χ1) is 9.04. The van der Waals surface area contributed by atoms with Crippen molar-refractivity contribution in [3.63, 3.8) is 0 Å². The van der Waals surface area contributed by atoms with Crippen molar-refractivity contribution < 1.29 is 4.39 Å². The average molecular weight is 340 g/mol. The van der Waals surface area contributed by atoms with Crippen molar-refractivity contribution in [2.45, 2.75) is 6.92 Å². The van der Waals surface area contributed by atoms with Crippen molar-refractivity contribution in [1.29, 1.82) is 0 Å². The van der Waals surface area contributed by atoms with E-state index in [1.165, 1.54) is 6.07 Å². The van der Waals surface area contributed by atoms with Gasteiger partial charge in [0, 0.05) is 16.7 Å². The van der Waals surface area contributed by atoms with Crippen LogP contribution in [0, 0.1) is 12.7 Å². The third-order valence-corrected chi connectivity index (χ3v) is 3.81. The number of benzene rings is 2. The van der Waals surface area contributed by atoms with Gasteiger partial charge >= 0.3 is 0 Å². The van der Waals surface area contributed by atoms with Gasteiger partial charge in [-0.2, -0.15) is 0 Å². The number of halogens is 3. The molecule has 1 aromatic heterocycles. The van der Waals surface area contributed by atoms with E-state index in [9.17, 15) is 4.39 Å². The molecule has 0 saturated heterocycles. The van der Waals surface area contributed by atoms with Crippen molar-refractivity contribution in [1.82, 2.24) is 9.97 Å². The Labute approximate surface area is 122 Å². The van der Waals surface area contributed by atoms with Gasteiger partial charge in [-0.05, 0) is 52.7 Å². The van der Waals surface area contributed by atoms with E-state index in [-0.39, 0.29) is 5.82 Å². The van der Waals surface area contributed by atoms with E-state index in [4.69, 9.17) is 11.6 Å². The lowest BCUT2D eigenvalue weighted by Gasteiger charge is -2.02. The summed E-state index contributed by atoms with van der Waals surface area (Å²) in [5.74, 6) is 0.400. The number of aryl methyl sites for hydroxylation is 1. The van der Waals surface area contributed by atoms with Crippen LogP contribution in [0.5, 0.6) is 0 Å². The van der Waals surface area contributed by atoms with Crippen LogP contribution in [0.2, 0.25) is 5.02 Å². The fourth-order valence-corrected chi connectivity index (χ4v) is 2.58. The van der Waals surface area contributed by atoms with Gasteiger partial charge in [-0.25, -0.2) is 9.37 Å². The molecule has 0 fully saturated rings. The molecule has 0 radical (unpaired) electrons. The fourth-order valence-electron chi connectivity index (χ4n) is 2.03. The molecule has 0 aliphatic heterocycles. The number of rotatable bonds is 1. The summed E-state index contributed by atoms with van der Waals surface area (Å²) < 4.78 is 13.9. The van der Waals surface area contributed by atoms with Gasteiger partial charge in [-0.1, -0.05) is 11.6 Å². The van der Waals surface area contributed by atoms with Gasteiger partial charge in [0.2, 0.25) is 0 Å². The first-order valence-corrected chi connectivity index (χ1v) is 6.83. The van der Waals surface area contributed by atoms with Crippen molar-refractivity contribution >= 4 is 38.6 Å². The van der Waals surface area contributed by atoms with Gasteiger partial charge in [-0.15, -0.1) is 0 Å². The standard InChI is InChI=1S/C14H9BrClFN2/c1-7-4-8(16)2-3-9(7)14-18-12-5-10(15)11(17)6-13(12)19-14/h2-6H,1H3,(H,18,19). The first kappa shape index (κ1) is 12.6. The quantitative estimate of drug-likeness (QED) is 0.657. The molecular weight excluding hydrogens is 331 g/mol. The van der Waals surface area contributed by atoms with Crippen molar-refractivity contribution in [2.24, 2.45) is 0 Å². The summed E-state index contributed by atoms with van der Waals surface area (Å²) in [4.78, 5) is 7.61. The Morgan fingerprint density at radius 1 is 1.26 bits per heavy atom. The van der Waals surface area contributed by atoms with Crippen LogP contribution >= 0.6 is 27.5 Å². The predicted molar refractivity (Wildman–Crippen MR) is 78.9 cm³/mol. The SMILES string of the molecule is Cc1cc(Cl)ccc1-c1nc2cc(Br)c(F)cc2[nH]1. The summed E-state index contributed by atoms with van der Waals surface area (Å²) >= 11 is 9.10. The first-order valence-electron chi connectivity index (χ1n) is 5.66. The number of nitrogens with zero attached hydrogens (tertiary/aromatic N) is 1. The van der Waals surface area contributed by atoms with E-state index in [1.54, 1.807) is 6.07 Å². The molecule has 5 heteroatoms. The number of aromatic nitrogens is 2. The minimum Gasteiger partial charge on any atom is -0.338 e. The maximum atomic E-state index is 13.5. The van der Waals surface area contributed by atoms with Crippen LogP contribution in [0.3, 0.4) is 0 Å². The van der Waals surface area contributed by atoms with Crippen LogP contribution in [0.1, 0.15) is 5.56 Å². The minimum absolute atomic E-state index is 0.310. The highest BCUT2D eigenvalue weighted by atomic mass is 79.9. The molecule has 3 rings (SSSR count). The number of imidazole rings is 1. The third kappa shape index (κ3) is 2.26. The highest BCUT2D eigenvalue weighted by Crippen LogP contribution is 2.28. The lowest BCUT2D eigenvalue weighted by molar-refractivity contribution is 0.623. The summed E-state index contributed by atoms with van der Waals surface area (Å²) in [5, 5.41) is 0.686. The number of hydrogen-bond donors (Lipinski definition) is 1. The fraction of sp³-hybridized carbons (Fsp3) is 0.0714. The lowest BCUT2D eigenvalue weighted by Crippen LogP contribution is -1.84. The van der Waals surface area contributed by atoms with Gasteiger partial charge in [0.1, 0.15) is 11.6 Å². The molecule has 3 aromatic rings. The minimum atomic E-state index is -0.310. The molecule has 0 amide bonds.